The molecule has 0 aliphatic heterocycles. The monoisotopic (exact) mass is 313 g/mol. The second-order valence-electron chi connectivity index (χ2n) is 4.85. The molecule has 0 atom stereocenters. The number of nitrogens with one attached hydrogen (secondary N) is 2. The molecule has 2 heterocycles. The molecule has 9 heteroatoms. The zero-order valence-corrected chi connectivity index (χ0v) is 12.8. The van der Waals surface area contributed by atoms with Crippen molar-refractivity contribution in [3.63, 3.8) is 0 Å². The van der Waals surface area contributed by atoms with Crippen LogP contribution in [0.25, 0.3) is 0 Å². The minimum absolute atomic E-state index is 0.0580. The van der Waals surface area contributed by atoms with Gasteiger partial charge in [0.15, 0.2) is 5.76 Å². The maximum Gasteiger partial charge on any atom is 0.244 e. The van der Waals surface area contributed by atoms with E-state index in [2.05, 4.69) is 20.3 Å². The van der Waals surface area contributed by atoms with E-state index in [4.69, 9.17) is 4.52 Å². The van der Waals surface area contributed by atoms with Gasteiger partial charge in [0.05, 0.1) is 25.5 Å². The van der Waals surface area contributed by atoms with Crippen LogP contribution < -0.4 is 10.0 Å². The smallest absolute Gasteiger partial charge is 0.244 e. The molecule has 0 amide bonds. The summed E-state index contributed by atoms with van der Waals surface area (Å²) >= 11 is 0. The van der Waals surface area contributed by atoms with Crippen LogP contribution in [0.3, 0.4) is 0 Å². The fraction of sp³-hybridized carbons (Fsp3) is 0.500. The molecule has 116 valence electrons. The average Bonchev–Trinajstić information content (AvgIpc) is 3.07. The Morgan fingerprint density at radius 1 is 1.43 bits per heavy atom. The van der Waals surface area contributed by atoms with Crippen LogP contribution in [0, 0.1) is 0 Å². The first-order valence-corrected chi connectivity index (χ1v) is 8.11. The summed E-state index contributed by atoms with van der Waals surface area (Å²) in [7, 11) is -3.60. The van der Waals surface area contributed by atoms with E-state index >= 15 is 0 Å². The van der Waals surface area contributed by atoms with Gasteiger partial charge in [0.2, 0.25) is 10.0 Å². The first kappa shape index (κ1) is 15.7. The third-order valence-corrected chi connectivity index (χ3v) is 4.10. The topological polar surface area (TPSA) is 102 Å². The van der Waals surface area contributed by atoms with Crippen molar-refractivity contribution in [2.24, 2.45) is 0 Å². The summed E-state index contributed by atoms with van der Waals surface area (Å²) in [6, 6.07) is 1.98. The Balaban J connectivity index is 1.92. The summed E-state index contributed by atoms with van der Waals surface area (Å²) in [6.07, 6.45) is 4.30. The number of hydrogen-bond donors (Lipinski definition) is 2. The van der Waals surface area contributed by atoms with Crippen molar-refractivity contribution >= 4 is 10.0 Å². The fourth-order valence-electron chi connectivity index (χ4n) is 1.66. The van der Waals surface area contributed by atoms with Crippen molar-refractivity contribution in [2.45, 2.75) is 37.9 Å². The normalized spacial score (nSPS) is 12.1. The van der Waals surface area contributed by atoms with Crippen LogP contribution in [0.5, 0.6) is 0 Å². The lowest BCUT2D eigenvalue weighted by Crippen LogP contribution is -2.26. The lowest BCUT2D eigenvalue weighted by Gasteiger charge is -2.07. The Bertz CT molecular complexity index is 648. The maximum atomic E-state index is 12.1. The lowest BCUT2D eigenvalue weighted by atomic mass is 10.4. The third kappa shape index (κ3) is 4.66. The first-order chi connectivity index (χ1) is 9.97. The molecular formula is C12H19N5O3S. The second kappa shape index (κ2) is 6.83. The predicted octanol–water partition coefficient (Wildman–Crippen LogP) is 0.348. The van der Waals surface area contributed by atoms with Crippen LogP contribution in [0.4, 0.5) is 0 Å². The number of sulfonamides is 1. The van der Waals surface area contributed by atoms with Crippen LogP contribution in [-0.4, -0.2) is 35.9 Å². The molecule has 2 rings (SSSR count). The van der Waals surface area contributed by atoms with Gasteiger partial charge in [-0.2, -0.15) is 5.10 Å². The van der Waals surface area contributed by atoms with Crippen LogP contribution in [0.1, 0.15) is 19.6 Å². The minimum Gasteiger partial charge on any atom is -0.360 e. The Hall–Kier alpha value is -1.71. The van der Waals surface area contributed by atoms with Crippen molar-refractivity contribution in [1.29, 1.82) is 0 Å². The van der Waals surface area contributed by atoms with E-state index in [1.54, 1.807) is 10.7 Å². The summed E-state index contributed by atoms with van der Waals surface area (Å²) in [5.41, 5.74) is 0. The molecule has 0 aromatic carbocycles. The molecule has 0 unspecified atom stereocenters. The minimum atomic E-state index is -3.60. The quantitative estimate of drug-likeness (QED) is 0.729. The van der Waals surface area contributed by atoms with E-state index in [0.29, 0.717) is 18.3 Å². The highest BCUT2D eigenvalue weighted by Crippen LogP contribution is 2.08. The van der Waals surface area contributed by atoms with E-state index in [9.17, 15) is 8.42 Å². The van der Waals surface area contributed by atoms with E-state index < -0.39 is 10.0 Å². The molecule has 0 saturated heterocycles. The average molecular weight is 313 g/mol. The molecule has 2 aromatic heterocycles. The van der Waals surface area contributed by atoms with Crippen LogP contribution in [0.2, 0.25) is 0 Å². The van der Waals surface area contributed by atoms with E-state index in [0.717, 1.165) is 6.54 Å². The lowest BCUT2D eigenvalue weighted by molar-refractivity contribution is 0.380. The highest BCUT2D eigenvalue weighted by atomic mass is 32.2. The summed E-state index contributed by atoms with van der Waals surface area (Å²) < 4.78 is 33.0. The standard InChI is InChI=1S/C12H19N5O3S/c1-10(2)13-5-6-17-9-12(8-14-17)21(18,19)16-7-11-3-4-15-20-11/h3-4,8-10,13,16H,5-7H2,1-2H3. The highest BCUT2D eigenvalue weighted by molar-refractivity contribution is 7.89. The second-order valence-corrected chi connectivity index (χ2v) is 6.62. The molecule has 0 saturated carbocycles. The molecule has 8 nitrogen and oxygen atoms in total. The van der Waals surface area contributed by atoms with Gasteiger partial charge in [-0.05, 0) is 0 Å². The summed E-state index contributed by atoms with van der Waals surface area (Å²) in [5, 5.41) is 10.8. The van der Waals surface area contributed by atoms with Gasteiger partial charge < -0.3 is 9.84 Å². The van der Waals surface area contributed by atoms with Crippen molar-refractivity contribution in [2.75, 3.05) is 6.54 Å². The SMILES string of the molecule is CC(C)NCCn1cc(S(=O)(=O)NCc2ccno2)cn1. The van der Waals surface area contributed by atoms with Crippen molar-refractivity contribution in [3.8, 4) is 0 Å². The summed E-state index contributed by atoms with van der Waals surface area (Å²) in [5.74, 6) is 0.451. The number of nitrogens with zero attached hydrogens (tertiary/aromatic N) is 3. The van der Waals surface area contributed by atoms with E-state index in [-0.39, 0.29) is 11.4 Å². The fourth-order valence-corrected chi connectivity index (χ4v) is 2.60. The Morgan fingerprint density at radius 2 is 2.24 bits per heavy atom. The molecule has 0 bridgehead atoms. The Morgan fingerprint density at radius 3 is 2.90 bits per heavy atom. The number of aromatic nitrogens is 3. The highest BCUT2D eigenvalue weighted by Gasteiger charge is 2.16. The van der Waals surface area contributed by atoms with E-state index in [1.807, 2.05) is 13.8 Å². The van der Waals surface area contributed by atoms with Crippen LogP contribution in [0.15, 0.2) is 34.1 Å². The summed E-state index contributed by atoms with van der Waals surface area (Å²) in [6.45, 7) is 5.49. The van der Waals surface area contributed by atoms with Gasteiger partial charge in [-0.3, -0.25) is 4.68 Å². The molecule has 2 aromatic rings. The van der Waals surface area contributed by atoms with E-state index in [1.165, 1.54) is 18.6 Å². The number of hydrogen-bond acceptors (Lipinski definition) is 6. The van der Waals surface area contributed by atoms with Gasteiger partial charge in [0.25, 0.3) is 0 Å². The largest absolute Gasteiger partial charge is 0.360 e. The van der Waals surface area contributed by atoms with Crippen molar-refractivity contribution in [3.05, 3.63) is 30.4 Å². The molecule has 21 heavy (non-hydrogen) atoms. The zero-order chi connectivity index (χ0) is 15.3. The first-order valence-electron chi connectivity index (χ1n) is 6.62. The Kier molecular flexibility index (Phi) is 5.10. The van der Waals surface area contributed by atoms with Crippen molar-refractivity contribution < 1.29 is 12.9 Å². The molecule has 0 aliphatic carbocycles. The van der Waals surface area contributed by atoms with Crippen LogP contribution >= 0.6 is 0 Å². The van der Waals surface area contributed by atoms with Crippen LogP contribution in [-0.2, 0) is 23.1 Å². The number of rotatable bonds is 8. The molecule has 0 aliphatic rings. The van der Waals surface area contributed by atoms with Gasteiger partial charge in [0.1, 0.15) is 4.90 Å². The maximum absolute atomic E-state index is 12.1. The molecule has 0 spiro atoms. The molecule has 2 N–H and O–H groups in total. The van der Waals surface area contributed by atoms with Gasteiger partial charge in [-0.15, -0.1) is 0 Å². The Labute approximate surface area is 123 Å². The summed E-state index contributed by atoms with van der Waals surface area (Å²) in [4.78, 5) is 0.131. The molecular weight excluding hydrogens is 294 g/mol. The zero-order valence-electron chi connectivity index (χ0n) is 12.0. The third-order valence-electron chi connectivity index (χ3n) is 2.74. The predicted molar refractivity (Wildman–Crippen MR) is 75.9 cm³/mol. The van der Waals surface area contributed by atoms with Gasteiger partial charge in [-0.25, -0.2) is 13.1 Å². The van der Waals surface area contributed by atoms with Gasteiger partial charge in [0, 0.05) is 24.8 Å². The van der Waals surface area contributed by atoms with Gasteiger partial charge in [-0.1, -0.05) is 19.0 Å². The molecule has 0 radical (unpaired) electrons. The van der Waals surface area contributed by atoms with Crippen molar-refractivity contribution in [1.82, 2.24) is 25.0 Å². The van der Waals surface area contributed by atoms with Gasteiger partial charge >= 0.3 is 0 Å². The molecule has 0 fully saturated rings.